The molecule has 0 bridgehead atoms. The lowest BCUT2D eigenvalue weighted by atomic mass is 10.2. The van der Waals surface area contributed by atoms with Crippen LogP contribution in [0.5, 0.6) is 5.75 Å². The van der Waals surface area contributed by atoms with Crippen molar-refractivity contribution in [2.75, 3.05) is 30.4 Å². The van der Waals surface area contributed by atoms with Gasteiger partial charge in [0.05, 0.1) is 25.2 Å². The molecule has 0 radical (unpaired) electrons. The van der Waals surface area contributed by atoms with E-state index in [1.165, 1.54) is 13.3 Å². The van der Waals surface area contributed by atoms with Crippen molar-refractivity contribution in [3.63, 3.8) is 0 Å². The number of hydrogen-bond acceptors (Lipinski definition) is 5. The maximum atomic E-state index is 12.5. The number of rotatable bonds is 8. The van der Waals surface area contributed by atoms with E-state index < -0.39 is 0 Å². The fourth-order valence-corrected chi connectivity index (χ4v) is 2.75. The maximum absolute atomic E-state index is 12.5. The number of benzene rings is 1. The molecule has 0 atom stereocenters. The highest BCUT2D eigenvalue weighted by Crippen LogP contribution is 2.31. The van der Waals surface area contributed by atoms with Gasteiger partial charge in [0.2, 0.25) is 0 Å². The number of halogens is 1. The van der Waals surface area contributed by atoms with Crippen molar-refractivity contribution in [3.05, 3.63) is 40.8 Å². The molecular formula is C19H25ClN4O2. The van der Waals surface area contributed by atoms with Gasteiger partial charge in [0, 0.05) is 24.2 Å². The van der Waals surface area contributed by atoms with E-state index in [9.17, 15) is 4.79 Å². The number of aromatic nitrogens is 2. The second-order valence-corrected chi connectivity index (χ2v) is 6.41. The first-order chi connectivity index (χ1) is 12.5. The highest BCUT2D eigenvalue weighted by atomic mass is 35.5. The number of methoxy groups -OCH3 is 1. The lowest BCUT2D eigenvalue weighted by molar-refractivity contribution is 0.102. The predicted molar refractivity (Wildman–Crippen MR) is 106 cm³/mol. The van der Waals surface area contributed by atoms with E-state index in [2.05, 4.69) is 34.0 Å². The third-order valence-electron chi connectivity index (χ3n) is 3.91. The largest absolute Gasteiger partial charge is 0.495 e. The Morgan fingerprint density at radius 2 is 1.88 bits per heavy atom. The number of carbonyl (C=O) groups is 1. The van der Waals surface area contributed by atoms with Crippen LogP contribution in [-0.2, 0) is 0 Å². The standard InChI is InChI=1S/C19H25ClN4O2/c1-5-7-24(8-6-2)18-12-21-16(11-22-18)19(25)23-15-9-13(3)14(20)10-17(15)26-4/h9-12H,5-8H2,1-4H3,(H,23,25). The molecule has 6 nitrogen and oxygen atoms in total. The SMILES string of the molecule is CCCN(CCC)c1cnc(C(=O)Nc2cc(C)c(Cl)cc2OC)cn1. The van der Waals surface area contributed by atoms with Gasteiger partial charge < -0.3 is 15.0 Å². The Morgan fingerprint density at radius 3 is 2.42 bits per heavy atom. The average molecular weight is 377 g/mol. The van der Waals surface area contributed by atoms with Gasteiger partial charge in [0.25, 0.3) is 5.91 Å². The van der Waals surface area contributed by atoms with Crippen molar-refractivity contribution in [1.29, 1.82) is 0 Å². The molecule has 2 rings (SSSR count). The summed E-state index contributed by atoms with van der Waals surface area (Å²) in [6.45, 7) is 7.94. The summed E-state index contributed by atoms with van der Waals surface area (Å²) < 4.78 is 5.28. The summed E-state index contributed by atoms with van der Waals surface area (Å²) in [6.07, 6.45) is 5.20. The normalized spacial score (nSPS) is 10.5. The van der Waals surface area contributed by atoms with Crippen LogP contribution in [0.25, 0.3) is 0 Å². The Morgan fingerprint density at radius 1 is 1.19 bits per heavy atom. The van der Waals surface area contributed by atoms with E-state index in [-0.39, 0.29) is 11.6 Å². The molecule has 0 aliphatic heterocycles. The summed E-state index contributed by atoms with van der Waals surface area (Å²) in [4.78, 5) is 23.3. The van der Waals surface area contributed by atoms with Gasteiger partial charge >= 0.3 is 0 Å². The fraction of sp³-hybridized carbons (Fsp3) is 0.421. The van der Waals surface area contributed by atoms with E-state index in [1.54, 1.807) is 18.3 Å². The molecule has 1 amide bonds. The minimum Gasteiger partial charge on any atom is -0.495 e. The molecule has 1 aromatic heterocycles. The highest BCUT2D eigenvalue weighted by Gasteiger charge is 2.14. The zero-order valence-electron chi connectivity index (χ0n) is 15.7. The monoisotopic (exact) mass is 376 g/mol. The first kappa shape index (κ1) is 20.0. The van der Waals surface area contributed by atoms with Gasteiger partial charge in [0.1, 0.15) is 17.3 Å². The van der Waals surface area contributed by atoms with Crippen molar-refractivity contribution >= 4 is 29.0 Å². The van der Waals surface area contributed by atoms with Gasteiger partial charge in [-0.1, -0.05) is 25.4 Å². The molecule has 1 aromatic carbocycles. The quantitative estimate of drug-likeness (QED) is 0.742. The summed E-state index contributed by atoms with van der Waals surface area (Å²) >= 11 is 6.10. The van der Waals surface area contributed by atoms with Gasteiger partial charge in [-0.3, -0.25) is 4.79 Å². The van der Waals surface area contributed by atoms with Gasteiger partial charge in [-0.05, 0) is 31.4 Å². The maximum Gasteiger partial charge on any atom is 0.275 e. The smallest absolute Gasteiger partial charge is 0.275 e. The average Bonchev–Trinajstić information content (AvgIpc) is 2.64. The minimum atomic E-state index is -0.346. The van der Waals surface area contributed by atoms with Crippen molar-refractivity contribution in [1.82, 2.24) is 9.97 Å². The van der Waals surface area contributed by atoms with Crippen LogP contribution in [0, 0.1) is 6.92 Å². The molecule has 0 unspecified atom stereocenters. The number of ether oxygens (including phenoxy) is 1. The van der Waals surface area contributed by atoms with Crippen molar-refractivity contribution in [3.8, 4) is 5.75 Å². The van der Waals surface area contributed by atoms with Crippen LogP contribution in [0.3, 0.4) is 0 Å². The molecule has 1 heterocycles. The first-order valence-corrected chi connectivity index (χ1v) is 9.10. The van der Waals surface area contributed by atoms with Gasteiger partial charge in [-0.25, -0.2) is 9.97 Å². The van der Waals surface area contributed by atoms with Crippen LogP contribution in [-0.4, -0.2) is 36.1 Å². The summed E-state index contributed by atoms with van der Waals surface area (Å²) in [7, 11) is 1.53. The zero-order valence-corrected chi connectivity index (χ0v) is 16.4. The molecule has 0 fully saturated rings. The topological polar surface area (TPSA) is 67.4 Å². The Kier molecular flexibility index (Phi) is 7.21. The lowest BCUT2D eigenvalue weighted by Crippen LogP contribution is -2.26. The number of hydrogen-bond donors (Lipinski definition) is 1. The van der Waals surface area contributed by atoms with Crippen LogP contribution in [0.2, 0.25) is 5.02 Å². The molecule has 0 aliphatic rings. The molecule has 0 aliphatic carbocycles. The molecule has 7 heteroatoms. The van der Waals surface area contributed by atoms with Gasteiger partial charge in [-0.15, -0.1) is 0 Å². The minimum absolute atomic E-state index is 0.247. The van der Waals surface area contributed by atoms with E-state index >= 15 is 0 Å². The van der Waals surface area contributed by atoms with Crippen molar-refractivity contribution < 1.29 is 9.53 Å². The lowest BCUT2D eigenvalue weighted by Gasteiger charge is -2.22. The zero-order chi connectivity index (χ0) is 19.1. The fourth-order valence-electron chi connectivity index (χ4n) is 2.60. The van der Waals surface area contributed by atoms with Crippen LogP contribution in [0.1, 0.15) is 42.7 Å². The van der Waals surface area contributed by atoms with Crippen molar-refractivity contribution in [2.24, 2.45) is 0 Å². The Labute approximate surface area is 159 Å². The number of anilines is 2. The molecule has 26 heavy (non-hydrogen) atoms. The highest BCUT2D eigenvalue weighted by molar-refractivity contribution is 6.31. The van der Waals surface area contributed by atoms with Crippen LogP contribution < -0.4 is 15.0 Å². The second kappa shape index (κ2) is 9.38. The summed E-state index contributed by atoms with van der Waals surface area (Å²) in [5.41, 5.74) is 1.64. The van der Waals surface area contributed by atoms with E-state index in [0.29, 0.717) is 16.5 Å². The predicted octanol–water partition coefficient (Wildman–Crippen LogP) is 4.33. The van der Waals surface area contributed by atoms with Crippen molar-refractivity contribution in [2.45, 2.75) is 33.6 Å². The van der Waals surface area contributed by atoms with E-state index in [1.807, 2.05) is 6.92 Å². The van der Waals surface area contributed by atoms with Gasteiger partial charge in [-0.2, -0.15) is 0 Å². The summed E-state index contributed by atoms with van der Waals surface area (Å²) in [5.74, 6) is 0.933. The number of amides is 1. The molecule has 140 valence electrons. The van der Waals surface area contributed by atoms with Gasteiger partial charge in [0.15, 0.2) is 0 Å². The van der Waals surface area contributed by atoms with E-state index in [0.717, 1.165) is 37.3 Å². The first-order valence-electron chi connectivity index (χ1n) is 8.72. The molecule has 1 N–H and O–H groups in total. The van der Waals surface area contributed by atoms with Crippen LogP contribution in [0.4, 0.5) is 11.5 Å². The van der Waals surface area contributed by atoms with Crippen LogP contribution in [0.15, 0.2) is 24.5 Å². The van der Waals surface area contributed by atoms with E-state index in [4.69, 9.17) is 16.3 Å². The number of nitrogens with one attached hydrogen (secondary N) is 1. The number of carbonyl (C=O) groups excluding carboxylic acids is 1. The summed E-state index contributed by atoms with van der Waals surface area (Å²) in [5, 5.41) is 3.39. The third kappa shape index (κ3) is 4.85. The molecule has 0 saturated heterocycles. The second-order valence-electron chi connectivity index (χ2n) is 6.00. The molecule has 2 aromatic rings. The molecule has 0 saturated carbocycles. The Bertz CT molecular complexity index is 744. The molecule has 0 spiro atoms. The molecular weight excluding hydrogens is 352 g/mol. The Hall–Kier alpha value is -2.34. The Balaban J connectivity index is 2.17. The number of aryl methyl sites for hydroxylation is 1. The number of nitrogens with zero attached hydrogens (tertiary/aromatic N) is 3. The third-order valence-corrected chi connectivity index (χ3v) is 4.32. The summed E-state index contributed by atoms with van der Waals surface area (Å²) in [6, 6.07) is 3.44. The van der Waals surface area contributed by atoms with Crippen LogP contribution >= 0.6 is 11.6 Å².